The predicted octanol–water partition coefficient (Wildman–Crippen LogP) is 5.18. The molecule has 2 atom stereocenters. The van der Waals surface area contributed by atoms with Gasteiger partial charge in [0.05, 0.1) is 18.7 Å². The minimum Gasteiger partial charge on any atom is -0.479 e. The van der Waals surface area contributed by atoms with Crippen molar-refractivity contribution in [3.05, 3.63) is 105 Å². The zero-order chi connectivity index (χ0) is 34.4. The van der Waals surface area contributed by atoms with Gasteiger partial charge < -0.3 is 19.7 Å². The summed E-state index contributed by atoms with van der Waals surface area (Å²) >= 11 is 1.41. The summed E-state index contributed by atoms with van der Waals surface area (Å²) in [5.41, 5.74) is 0.419. The maximum Gasteiger partial charge on any atom is 0.330 e. The molecule has 0 aliphatic heterocycles. The number of hydrogen-bond donors (Lipinski definition) is 2. The highest BCUT2D eigenvalue weighted by Crippen LogP contribution is 2.36. The summed E-state index contributed by atoms with van der Waals surface area (Å²) in [4.78, 5) is 35.8. The molecule has 252 valence electrons. The fourth-order valence-corrected chi connectivity index (χ4v) is 6.79. The molecule has 1 unspecified atom stereocenters. The lowest BCUT2D eigenvalue weighted by Gasteiger charge is -2.42. The van der Waals surface area contributed by atoms with Gasteiger partial charge in [-0.25, -0.2) is 27.6 Å². The number of carbonyl (C=O) groups excluding carboxylic acids is 1. The molecule has 4 aromatic rings. The molecule has 2 aromatic carbocycles. The maximum absolute atomic E-state index is 14.2. The zero-order valence-corrected chi connectivity index (χ0v) is 28.8. The number of carboxylic acid groups (broad SMARTS) is 1. The molecule has 0 radical (unpaired) electrons. The van der Waals surface area contributed by atoms with Crippen molar-refractivity contribution in [3.8, 4) is 0 Å². The summed E-state index contributed by atoms with van der Waals surface area (Å²) in [6.45, 7) is 5.31. The second kappa shape index (κ2) is 14.9. The molecule has 0 aliphatic carbocycles. The van der Waals surface area contributed by atoms with Crippen LogP contribution in [-0.4, -0.2) is 64.1 Å². The van der Waals surface area contributed by atoms with E-state index in [1.807, 2.05) is 29.1 Å². The Morgan fingerprint density at radius 2 is 1.83 bits per heavy atom. The lowest BCUT2D eigenvalue weighted by molar-refractivity contribution is -0.149. The second-order valence-corrected chi connectivity index (χ2v) is 15.9. The highest BCUT2D eigenvalue weighted by Gasteiger charge is 2.50. The quantitative estimate of drug-likeness (QED) is 0.175. The predicted molar refractivity (Wildman–Crippen MR) is 179 cm³/mol. The van der Waals surface area contributed by atoms with Crippen molar-refractivity contribution >= 4 is 33.1 Å². The fourth-order valence-electron chi connectivity index (χ4n) is 5.40. The lowest BCUT2D eigenvalue weighted by atomic mass is 9.71. The molecule has 2 heterocycles. The number of aliphatic carboxylic acids is 1. The van der Waals surface area contributed by atoms with E-state index >= 15 is 0 Å². The molecule has 13 heteroatoms. The smallest absolute Gasteiger partial charge is 0.330 e. The van der Waals surface area contributed by atoms with Gasteiger partial charge in [0.25, 0.3) is 5.91 Å². The molecule has 0 saturated carbocycles. The van der Waals surface area contributed by atoms with Gasteiger partial charge in [-0.1, -0.05) is 45.0 Å². The molecule has 2 aromatic heterocycles. The fraction of sp³-hybridized carbons (Fsp3) is 0.412. The Balaban J connectivity index is 1.74. The molecule has 0 spiro atoms. The molecule has 2 N–H and O–H groups in total. The third kappa shape index (κ3) is 9.11. The highest BCUT2D eigenvalue weighted by atomic mass is 32.2. The van der Waals surface area contributed by atoms with Gasteiger partial charge in [0.2, 0.25) is 0 Å². The first-order valence-corrected chi connectivity index (χ1v) is 18.1. The Labute approximate surface area is 279 Å². The van der Waals surface area contributed by atoms with Crippen molar-refractivity contribution in [2.75, 3.05) is 18.6 Å². The number of benzene rings is 2. The van der Waals surface area contributed by atoms with Crippen molar-refractivity contribution in [2.24, 2.45) is 12.5 Å². The number of carbonyl (C=O) groups is 2. The van der Waals surface area contributed by atoms with Crippen LogP contribution in [-0.2, 0) is 45.7 Å². The molecule has 0 saturated heterocycles. The summed E-state index contributed by atoms with van der Waals surface area (Å²) in [6.07, 6.45) is 6.75. The van der Waals surface area contributed by atoms with Crippen LogP contribution in [0.15, 0.2) is 66.6 Å². The van der Waals surface area contributed by atoms with E-state index in [0.29, 0.717) is 42.0 Å². The maximum atomic E-state index is 14.2. The number of hydrogen-bond acceptors (Lipinski definition) is 8. The molecule has 0 fully saturated rings. The van der Waals surface area contributed by atoms with Crippen molar-refractivity contribution < 1.29 is 32.2 Å². The number of halogens is 1. The number of sulfone groups is 1. The number of amides is 1. The Hall–Kier alpha value is -3.94. The van der Waals surface area contributed by atoms with Crippen LogP contribution >= 0.6 is 11.3 Å². The van der Waals surface area contributed by atoms with E-state index in [1.165, 1.54) is 23.5 Å². The number of nitrogens with one attached hydrogen (secondary N) is 1. The summed E-state index contributed by atoms with van der Waals surface area (Å²) in [6, 6.07) is 11.5. The molecule has 1 amide bonds. The van der Waals surface area contributed by atoms with Gasteiger partial charge >= 0.3 is 5.97 Å². The van der Waals surface area contributed by atoms with E-state index in [2.05, 4.69) is 15.3 Å². The van der Waals surface area contributed by atoms with Crippen LogP contribution in [0.5, 0.6) is 0 Å². The molecular formula is C34H41FN4O6S2. The highest BCUT2D eigenvalue weighted by molar-refractivity contribution is 7.90. The lowest BCUT2D eigenvalue weighted by Crippen LogP contribution is -2.63. The van der Waals surface area contributed by atoms with E-state index in [1.54, 1.807) is 57.7 Å². The topological polar surface area (TPSA) is 140 Å². The summed E-state index contributed by atoms with van der Waals surface area (Å²) in [5.74, 6) is -2.76. The number of aromatic nitrogens is 3. The number of rotatable bonds is 15. The van der Waals surface area contributed by atoms with Crippen LogP contribution in [0.4, 0.5) is 4.39 Å². The van der Waals surface area contributed by atoms with Gasteiger partial charge in [0.15, 0.2) is 0 Å². The van der Waals surface area contributed by atoms with Crippen LogP contribution < -0.4 is 5.32 Å². The Kier molecular flexibility index (Phi) is 11.4. The first-order valence-electron chi connectivity index (χ1n) is 15.2. The van der Waals surface area contributed by atoms with Crippen LogP contribution in [0.2, 0.25) is 0 Å². The number of thiazole rings is 1. The number of carboxylic acids is 1. The van der Waals surface area contributed by atoms with Gasteiger partial charge in [0.1, 0.15) is 32.3 Å². The average Bonchev–Trinajstić information content (AvgIpc) is 3.68. The normalized spacial score (nSPS) is 14.0. The van der Waals surface area contributed by atoms with Gasteiger partial charge in [0, 0.05) is 48.8 Å². The van der Waals surface area contributed by atoms with Gasteiger partial charge in [-0.15, -0.1) is 11.3 Å². The van der Waals surface area contributed by atoms with Crippen LogP contribution in [0.25, 0.3) is 0 Å². The Bertz CT molecular complexity index is 1780. The van der Waals surface area contributed by atoms with Crippen LogP contribution in [0, 0.1) is 11.2 Å². The first-order chi connectivity index (χ1) is 22.1. The van der Waals surface area contributed by atoms with Crippen LogP contribution in [0.3, 0.4) is 0 Å². The average molecular weight is 685 g/mol. The Morgan fingerprint density at radius 1 is 1.11 bits per heavy atom. The monoisotopic (exact) mass is 684 g/mol. The third-order valence-electron chi connectivity index (χ3n) is 8.33. The van der Waals surface area contributed by atoms with E-state index in [4.69, 9.17) is 4.74 Å². The number of ether oxygens (including phenoxy) is 1. The standard InChI is InChI=1S/C34H41FN4O6S2/c1-33(2,3)34(32(41)42,15-19-47(5,43)44)38-30(40)28-20-25(11-10-24(28)9-6-23-7-12-26(35)13-8-23)29(31-37-16-18-46-31)45-17-14-27-21-36-22-39(27)4/h7-8,10-13,16,18,20-22,29H,6,9,14-15,17,19H2,1-5H3,(H,38,40)(H,41,42)/t29?,34-/m1/s1. The summed E-state index contributed by atoms with van der Waals surface area (Å²) in [7, 11) is -1.64. The van der Waals surface area contributed by atoms with Crippen molar-refractivity contribution in [2.45, 2.75) is 58.1 Å². The van der Waals surface area contributed by atoms with Gasteiger partial charge in [-0.3, -0.25) is 4.79 Å². The number of aryl methyl sites for hydroxylation is 3. The van der Waals surface area contributed by atoms with E-state index in [9.17, 15) is 27.5 Å². The van der Waals surface area contributed by atoms with E-state index in [0.717, 1.165) is 17.5 Å². The molecule has 4 rings (SSSR count). The van der Waals surface area contributed by atoms with Crippen molar-refractivity contribution in [3.63, 3.8) is 0 Å². The molecule has 47 heavy (non-hydrogen) atoms. The molecule has 0 bridgehead atoms. The molecular weight excluding hydrogens is 644 g/mol. The SMILES string of the molecule is Cn1cncc1CCOC(c1ccc(CCc2ccc(F)cc2)c(C(=O)N[C@](CCS(C)(=O)=O)(C(=O)O)C(C)(C)C)c1)c1nccs1. The van der Waals surface area contributed by atoms with Crippen molar-refractivity contribution in [1.82, 2.24) is 19.9 Å². The third-order valence-corrected chi connectivity index (χ3v) is 10.1. The first kappa shape index (κ1) is 35.9. The second-order valence-electron chi connectivity index (χ2n) is 12.7. The zero-order valence-electron chi connectivity index (χ0n) is 27.2. The molecule has 10 nitrogen and oxygen atoms in total. The summed E-state index contributed by atoms with van der Waals surface area (Å²) in [5, 5.41) is 15.8. The van der Waals surface area contributed by atoms with Crippen molar-refractivity contribution in [1.29, 1.82) is 0 Å². The van der Waals surface area contributed by atoms with Gasteiger partial charge in [-0.2, -0.15) is 0 Å². The Morgan fingerprint density at radius 3 is 2.40 bits per heavy atom. The van der Waals surface area contributed by atoms with E-state index in [-0.39, 0.29) is 17.8 Å². The largest absolute Gasteiger partial charge is 0.479 e. The number of imidazole rings is 1. The minimum atomic E-state index is -3.54. The number of nitrogens with zero attached hydrogens (tertiary/aromatic N) is 3. The van der Waals surface area contributed by atoms with E-state index < -0.39 is 44.5 Å². The summed E-state index contributed by atoms with van der Waals surface area (Å²) < 4.78 is 46.1. The van der Waals surface area contributed by atoms with Crippen LogP contribution in [0.1, 0.15) is 71.0 Å². The minimum absolute atomic E-state index is 0.232. The molecule has 0 aliphatic rings. The van der Waals surface area contributed by atoms with Gasteiger partial charge in [-0.05, 0) is 59.6 Å².